The Morgan fingerprint density at radius 2 is 0.929 bits per heavy atom. The number of nitrogen functional groups attached to an aromatic ring is 2. The van der Waals surface area contributed by atoms with Crippen LogP contribution >= 0.6 is 15.6 Å². The molecule has 0 bridgehead atoms. The fraction of sp³-hybridized carbons (Fsp3) is 0.536. The van der Waals surface area contributed by atoms with E-state index in [1.54, 1.807) is 38.1 Å². The van der Waals surface area contributed by atoms with Gasteiger partial charge >= 0.3 is 12.2 Å². The van der Waals surface area contributed by atoms with Gasteiger partial charge in [0.15, 0.2) is 0 Å². The van der Waals surface area contributed by atoms with Crippen molar-refractivity contribution in [3.05, 3.63) is 120 Å². The second-order valence-corrected chi connectivity index (χ2v) is 27.7. The van der Waals surface area contributed by atoms with E-state index in [2.05, 4.69) is 10.6 Å². The van der Waals surface area contributed by atoms with Crippen molar-refractivity contribution >= 4 is 59.3 Å². The highest BCUT2D eigenvalue weighted by molar-refractivity contribution is 7.89. The Morgan fingerprint density at radius 1 is 0.583 bits per heavy atom. The average Bonchev–Trinajstić information content (AvgIpc) is 3.20. The summed E-state index contributed by atoms with van der Waals surface area (Å²) in [5.74, 6) is -0.255. The third-order valence-electron chi connectivity index (χ3n) is 12.8. The summed E-state index contributed by atoms with van der Waals surface area (Å²) in [6, 6.07) is 27.5. The molecule has 0 aromatic heterocycles. The number of carbonyl (C=O) groups is 2. The summed E-state index contributed by atoms with van der Waals surface area (Å²) in [5, 5.41) is 5.47. The standard InChI is InChI=1S/2C28H42N3O9PS/c2*1-4-15-38-41(33,34)40-27(19-31(18-21(2)3)42(35,36)25-12-10-23(29)11-13-25)26(17-22-8-6-5-7-9-22)30-28(32)39-24-14-16-37-20-24/h2*5-13,21,24,26-27H,4,14-20,29H2,1-3H3,(H,30,32)(H,33,34)/p-2/t2*24-,26-,27+/m00/s1. The van der Waals surface area contributed by atoms with Gasteiger partial charge in [-0.05, 0) is 97.2 Å². The smallest absolute Gasteiger partial charge is 0.407 e. The van der Waals surface area contributed by atoms with Gasteiger partial charge in [-0.1, -0.05) is 102 Å². The van der Waals surface area contributed by atoms with Crippen LogP contribution in [-0.2, 0) is 79.1 Å². The predicted octanol–water partition coefficient (Wildman–Crippen LogP) is 6.64. The molecule has 2 saturated heterocycles. The van der Waals surface area contributed by atoms with Crippen molar-refractivity contribution in [2.45, 2.75) is 126 Å². The van der Waals surface area contributed by atoms with Crippen LogP contribution in [0.3, 0.4) is 0 Å². The lowest BCUT2D eigenvalue weighted by Crippen LogP contribution is -2.52. The molecule has 28 heteroatoms. The fourth-order valence-corrected chi connectivity index (χ4v) is 14.0. The molecule has 6 N–H and O–H groups in total. The molecule has 0 spiro atoms. The van der Waals surface area contributed by atoms with Crippen molar-refractivity contribution in [2.24, 2.45) is 11.8 Å². The zero-order valence-electron chi connectivity index (χ0n) is 48.4. The Balaban J connectivity index is 0.000000307. The molecule has 24 nitrogen and oxygen atoms in total. The minimum Gasteiger partial charge on any atom is -0.756 e. The van der Waals surface area contributed by atoms with E-state index in [0.717, 1.165) is 19.7 Å². The molecule has 4 aromatic rings. The third-order valence-corrected chi connectivity index (χ3v) is 18.5. The largest absolute Gasteiger partial charge is 0.756 e. The number of anilines is 2. The van der Waals surface area contributed by atoms with Gasteiger partial charge in [0, 0.05) is 50.4 Å². The highest BCUT2D eigenvalue weighted by Gasteiger charge is 2.38. The molecule has 8 atom stereocenters. The van der Waals surface area contributed by atoms with Crippen molar-refractivity contribution < 1.29 is 82.4 Å². The summed E-state index contributed by atoms with van der Waals surface area (Å²) in [7, 11) is -18.1. The third kappa shape index (κ3) is 23.7. The van der Waals surface area contributed by atoms with Crippen LogP contribution in [0.15, 0.2) is 119 Å². The molecule has 2 unspecified atom stereocenters. The van der Waals surface area contributed by atoms with E-state index in [1.165, 1.54) is 48.5 Å². The Labute approximate surface area is 494 Å². The quantitative estimate of drug-likeness (QED) is 0.0294. The molecule has 84 heavy (non-hydrogen) atoms. The number of hydrogen-bond donors (Lipinski definition) is 4. The van der Waals surface area contributed by atoms with Gasteiger partial charge in [-0.25, -0.2) is 26.4 Å². The summed E-state index contributed by atoms with van der Waals surface area (Å²) >= 11 is 0. The molecule has 2 amide bonds. The van der Waals surface area contributed by atoms with Gasteiger partial charge in [0.2, 0.25) is 20.0 Å². The predicted molar refractivity (Wildman–Crippen MR) is 312 cm³/mol. The van der Waals surface area contributed by atoms with Crippen LogP contribution in [0.2, 0.25) is 0 Å². The van der Waals surface area contributed by atoms with E-state index in [9.17, 15) is 45.3 Å². The van der Waals surface area contributed by atoms with Gasteiger partial charge in [0.25, 0.3) is 15.6 Å². The maximum Gasteiger partial charge on any atom is 0.407 e. The number of benzene rings is 4. The van der Waals surface area contributed by atoms with Crippen LogP contribution in [0, 0.1) is 11.8 Å². The van der Waals surface area contributed by atoms with E-state index in [-0.39, 0.29) is 74.0 Å². The first-order valence-corrected chi connectivity index (χ1v) is 33.8. The number of nitrogens with one attached hydrogen (secondary N) is 2. The van der Waals surface area contributed by atoms with Crippen LogP contribution in [0.4, 0.5) is 21.0 Å². The number of nitrogens with zero attached hydrogens (tertiary/aromatic N) is 2. The van der Waals surface area contributed by atoms with Crippen LogP contribution in [-0.4, -0.2) is 140 Å². The zero-order valence-corrected chi connectivity index (χ0v) is 51.9. The van der Waals surface area contributed by atoms with Crippen LogP contribution in [0.5, 0.6) is 0 Å². The van der Waals surface area contributed by atoms with Crippen LogP contribution in [0.1, 0.15) is 78.4 Å². The van der Waals surface area contributed by atoms with Crippen molar-refractivity contribution in [1.82, 2.24) is 19.2 Å². The van der Waals surface area contributed by atoms with Gasteiger partial charge in [-0.15, -0.1) is 0 Å². The molecule has 4 aromatic carbocycles. The number of rotatable bonds is 32. The second-order valence-electron chi connectivity index (χ2n) is 21.1. The molecule has 2 aliphatic heterocycles. The minimum atomic E-state index is -4.92. The Bertz CT molecular complexity index is 2750. The van der Waals surface area contributed by atoms with Gasteiger partial charge < -0.3 is 68.9 Å². The molecule has 0 aliphatic carbocycles. The molecule has 0 radical (unpaired) electrons. The Kier molecular flexibility index (Phi) is 28.0. The molecule has 2 fully saturated rings. The lowest BCUT2D eigenvalue weighted by atomic mass is 10.0. The average molecular weight is 1250 g/mol. The summed E-state index contributed by atoms with van der Waals surface area (Å²) < 4.78 is 126. The highest BCUT2D eigenvalue weighted by atomic mass is 32.2. The molecule has 2 aliphatic rings. The summed E-state index contributed by atoms with van der Waals surface area (Å²) in [4.78, 5) is 51.8. The number of hydrogen-bond acceptors (Lipinski definition) is 20. The first-order chi connectivity index (χ1) is 39.8. The van der Waals surface area contributed by atoms with E-state index in [1.807, 2.05) is 64.1 Å². The van der Waals surface area contributed by atoms with E-state index in [4.69, 9.17) is 48.5 Å². The van der Waals surface area contributed by atoms with Gasteiger partial charge in [-0.3, -0.25) is 9.13 Å². The number of phosphoric acid groups is 2. The topological polar surface area (TPSA) is 339 Å². The lowest BCUT2D eigenvalue weighted by Gasteiger charge is -2.36. The second kappa shape index (κ2) is 33.8. The lowest BCUT2D eigenvalue weighted by molar-refractivity contribution is -0.232. The van der Waals surface area contributed by atoms with Crippen molar-refractivity contribution in [3.63, 3.8) is 0 Å². The highest BCUT2D eigenvalue weighted by Crippen LogP contribution is 2.43. The van der Waals surface area contributed by atoms with E-state index < -0.39 is 97.5 Å². The normalized spacial score (nSPS) is 18.5. The van der Waals surface area contributed by atoms with Crippen molar-refractivity contribution in [2.75, 3.05) is 77.3 Å². The molecular weight excluding hydrogens is 1170 g/mol. The first-order valence-electron chi connectivity index (χ1n) is 28.0. The first kappa shape index (κ1) is 69.7. The SMILES string of the molecule is CCCOP(=O)([O-])O[C@H](CN(CC(C)C)S(=O)(=O)c1ccc(N)cc1)[C@H](Cc1ccccc1)NC(=O)O[C@H]1CCOC1.CCCOP(=O)([O-])O[C@H](CN(CC(C)C)S(=O)(=O)c1ccc(N)cc1)[C@H](Cc1ccccc1)NC(=O)O[C@H]1CCOC1. The van der Waals surface area contributed by atoms with Crippen molar-refractivity contribution in [3.8, 4) is 0 Å². The molecule has 2 heterocycles. The summed E-state index contributed by atoms with van der Waals surface area (Å²) in [6.45, 7) is 11.3. The Morgan fingerprint density at radius 3 is 1.23 bits per heavy atom. The maximum absolute atomic E-state index is 13.8. The number of carbonyl (C=O) groups excluding carboxylic acids is 2. The van der Waals surface area contributed by atoms with Gasteiger partial charge in [-0.2, -0.15) is 8.61 Å². The number of sulfonamides is 2. The molecule has 6 rings (SSSR count). The Hall–Kier alpha value is -5.02. The minimum absolute atomic E-state index is 0.0168. The monoisotopic (exact) mass is 1250 g/mol. The number of nitrogens with two attached hydrogens (primary N) is 2. The summed E-state index contributed by atoms with van der Waals surface area (Å²) in [6.07, 6.45) is -3.15. The number of ether oxygens (including phenoxy) is 4. The molecule has 468 valence electrons. The van der Waals surface area contributed by atoms with Gasteiger partial charge in [0.1, 0.15) is 24.4 Å². The number of alkyl carbamates (subject to hydrolysis) is 2. The number of amides is 2. The fourth-order valence-electron chi connectivity index (χ4n) is 8.77. The maximum atomic E-state index is 13.8. The molecular formula is C56H82N6O18P2S2-2. The van der Waals surface area contributed by atoms with E-state index >= 15 is 0 Å². The van der Waals surface area contributed by atoms with Gasteiger partial charge in [0.05, 0.1) is 61.5 Å². The van der Waals surface area contributed by atoms with Crippen LogP contribution < -0.4 is 31.9 Å². The number of phosphoric ester groups is 2. The van der Waals surface area contributed by atoms with Crippen molar-refractivity contribution in [1.29, 1.82) is 0 Å². The molecule has 0 saturated carbocycles. The summed E-state index contributed by atoms with van der Waals surface area (Å²) in [5.41, 5.74) is 13.8. The van der Waals surface area contributed by atoms with E-state index in [0.29, 0.717) is 50.3 Å². The zero-order chi connectivity index (χ0) is 61.5. The van der Waals surface area contributed by atoms with Crippen LogP contribution in [0.25, 0.3) is 0 Å².